The summed E-state index contributed by atoms with van der Waals surface area (Å²) >= 11 is 0. The van der Waals surface area contributed by atoms with Gasteiger partial charge in [-0.2, -0.15) is 0 Å². The number of nitrogens with zero attached hydrogens (tertiary/aromatic N) is 1. The van der Waals surface area contributed by atoms with Crippen molar-refractivity contribution < 1.29 is 4.79 Å². The van der Waals surface area contributed by atoms with Crippen LogP contribution in [-0.4, -0.2) is 18.2 Å². The third-order valence-electron chi connectivity index (χ3n) is 2.54. The van der Waals surface area contributed by atoms with Gasteiger partial charge in [-0.25, -0.2) is 4.79 Å². The van der Waals surface area contributed by atoms with Crippen molar-refractivity contribution in [3.63, 3.8) is 0 Å². The average Bonchev–Trinajstić information content (AvgIpc) is 2.27. The molecule has 0 amide bonds. The molecular formula is C13H18N2O. The van der Waals surface area contributed by atoms with Crippen LogP contribution in [0, 0.1) is 0 Å². The van der Waals surface area contributed by atoms with Gasteiger partial charge in [0, 0.05) is 17.5 Å². The molecule has 2 N–H and O–H groups in total. The number of allylic oxidation sites excluding steroid dienone is 2. The van der Waals surface area contributed by atoms with E-state index in [0.717, 1.165) is 42.5 Å². The fourth-order valence-electron chi connectivity index (χ4n) is 1.76. The van der Waals surface area contributed by atoms with Crippen molar-refractivity contribution in [3.8, 4) is 0 Å². The first-order valence-corrected chi connectivity index (χ1v) is 5.52. The summed E-state index contributed by atoms with van der Waals surface area (Å²) < 4.78 is 0. The first-order valence-electron chi connectivity index (χ1n) is 5.52. The second-order valence-electron chi connectivity index (χ2n) is 4.12. The minimum Gasteiger partial charge on any atom is -0.398 e. The molecule has 1 rings (SSSR count). The van der Waals surface area contributed by atoms with Crippen molar-refractivity contribution in [1.82, 2.24) is 0 Å². The van der Waals surface area contributed by atoms with Gasteiger partial charge in [0.15, 0.2) is 0 Å². The molecule has 0 radical (unpaired) electrons. The molecule has 0 aromatic rings. The minimum absolute atomic E-state index is 0.509. The SMILES string of the molecule is C=C(C)CN=C1CCCC/C1=C(/N)C=C=O. The number of hydrogen-bond acceptors (Lipinski definition) is 3. The van der Waals surface area contributed by atoms with E-state index in [-0.39, 0.29) is 0 Å². The van der Waals surface area contributed by atoms with E-state index >= 15 is 0 Å². The maximum Gasteiger partial charge on any atom is 0.126 e. The Labute approximate surface area is 96.4 Å². The monoisotopic (exact) mass is 218 g/mol. The Hall–Kier alpha value is -1.60. The van der Waals surface area contributed by atoms with Crippen LogP contribution in [0.3, 0.4) is 0 Å². The smallest absolute Gasteiger partial charge is 0.126 e. The highest BCUT2D eigenvalue weighted by Gasteiger charge is 2.15. The summed E-state index contributed by atoms with van der Waals surface area (Å²) in [4.78, 5) is 14.8. The molecule has 1 aliphatic rings. The highest BCUT2D eigenvalue weighted by Crippen LogP contribution is 2.23. The Kier molecular flexibility index (Phi) is 4.74. The predicted octanol–water partition coefficient (Wildman–Crippen LogP) is 2.18. The van der Waals surface area contributed by atoms with Crippen LogP contribution < -0.4 is 5.73 Å². The molecule has 0 atom stereocenters. The quantitative estimate of drug-likeness (QED) is 0.583. The zero-order valence-corrected chi connectivity index (χ0v) is 9.75. The number of hydrogen-bond donors (Lipinski definition) is 1. The van der Waals surface area contributed by atoms with Crippen molar-refractivity contribution in [2.45, 2.75) is 32.6 Å². The number of rotatable bonds is 3. The Bertz CT molecular complexity index is 385. The number of carbonyl (C=O) groups excluding carboxylic acids is 1. The highest BCUT2D eigenvalue weighted by molar-refractivity contribution is 6.02. The van der Waals surface area contributed by atoms with Gasteiger partial charge in [-0.15, -0.1) is 0 Å². The molecule has 1 saturated carbocycles. The third kappa shape index (κ3) is 3.52. The fourth-order valence-corrected chi connectivity index (χ4v) is 1.76. The fraction of sp³-hybridized carbons (Fsp3) is 0.462. The Morgan fingerprint density at radius 1 is 1.56 bits per heavy atom. The second kappa shape index (κ2) is 6.09. The van der Waals surface area contributed by atoms with Gasteiger partial charge in [-0.3, -0.25) is 4.99 Å². The van der Waals surface area contributed by atoms with Crippen LogP contribution >= 0.6 is 0 Å². The largest absolute Gasteiger partial charge is 0.398 e. The lowest BCUT2D eigenvalue weighted by molar-refractivity contribution is 0.569. The molecule has 1 aliphatic carbocycles. The lowest BCUT2D eigenvalue weighted by Gasteiger charge is -2.18. The van der Waals surface area contributed by atoms with E-state index in [2.05, 4.69) is 11.6 Å². The molecular weight excluding hydrogens is 200 g/mol. The van der Waals surface area contributed by atoms with Gasteiger partial charge >= 0.3 is 0 Å². The molecule has 0 aromatic heterocycles. The molecule has 3 heteroatoms. The van der Waals surface area contributed by atoms with E-state index < -0.39 is 0 Å². The second-order valence-corrected chi connectivity index (χ2v) is 4.12. The van der Waals surface area contributed by atoms with E-state index in [1.165, 1.54) is 6.08 Å². The lowest BCUT2D eigenvalue weighted by atomic mass is 9.91. The van der Waals surface area contributed by atoms with Gasteiger partial charge in [0.25, 0.3) is 0 Å². The van der Waals surface area contributed by atoms with Crippen molar-refractivity contribution in [2.75, 3.05) is 6.54 Å². The summed E-state index contributed by atoms with van der Waals surface area (Å²) in [6.07, 6.45) is 5.37. The van der Waals surface area contributed by atoms with E-state index in [1.54, 1.807) is 5.94 Å². The average molecular weight is 218 g/mol. The summed E-state index contributed by atoms with van der Waals surface area (Å²) in [6, 6.07) is 0. The molecule has 0 heterocycles. The molecule has 0 saturated heterocycles. The molecule has 86 valence electrons. The summed E-state index contributed by atoms with van der Waals surface area (Å²) in [5.41, 5.74) is 9.39. The Morgan fingerprint density at radius 3 is 2.88 bits per heavy atom. The third-order valence-corrected chi connectivity index (χ3v) is 2.54. The van der Waals surface area contributed by atoms with Crippen LogP contribution in [0.4, 0.5) is 0 Å². The zero-order valence-electron chi connectivity index (χ0n) is 9.75. The lowest BCUT2D eigenvalue weighted by Crippen LogP contribution is -2.15. The van der Waals surface area contributed by atoms with E-state index in [4.69, 9.17) is 5.73 Å². The van der Waals surface area contributed by atoms with Crippen LogP contribution in [0.15, 0.2) is 34.5 Å². The molecule has 0 aromatic carbocycles. The van der Waals surface area contributed by atoms with Crippen LogP contribution in [0.1, 0.15) is 32.6 Å². The Morgan fingerprint density at radius 2 is 2.25 bits per heavy atom. The van der Waals surface area contributed by atoms with Gasteiger partial charge in [0.2, 0.25) is 0 Å². The first-order chi connectivity index (χ1) is 7.65. The van der Waals surface area contributed by atoms with Gasteiger partial charge in [-0.1, -0.05) is 12.2 Å². The first kappa shape index (κ1) is 12.5. The van der Waals surface area contributed by atoms with Crippen LogP contribution in [0.2, 0.25) is 0 Å². The number of nitrogens with two attached hydrogens (primary N) is 1. The minimum atomic E-state index is 0.509. The van der Waals surface area contributed by atoms with Gasteiger partial charge < -0.3 is 5.73 Å². The van der Waals surface area contributed by atoms with Gasteiger partial charge in [-0.05, 0) is 38.2 Å². The van der Waals surface area contributed by atoms with Crippen LogP contribution in [-0.2, 0) is 4.79 Å². The highest BCUT2D eigenvalue weighted by atomic mass is 16.1. The van der Waals surface area contributed by atoms with Gasteiger partial charge in [0.05, 0.1) is 6.54 Å². The van der Waals surface area contributed by atoms with E-state index in [1.807, 2.05) is 6.92 Å². The van der Waals surface area contributed by atoms with E-state index in [0.29, 0.717) is 12.2 Å². The molecule has 0 bridgehead atoms. The van der Waals surface area contributed by atoms with E-state index in [9.17, 15) is 4.79 Å². The topological polar surface area (TPSA) is 55.4 Å². The van der Waals surface area contributed by atoms with Gasteiger partial charge in [0.1, 0.15) is 5.94 Å². The molecule has 1 fully saturated rings. The van der Waals surface area contributed by atoms with Crippen molar-refractivity contribution in [2.24, 2.45) is 10.7 Å². The Balaban J connectivity index is 2.95. The molecule has 0 unspecified atom stereocenters. The van der Waals surface area contributed by atoms with Crippen LogP contribution in [0.25, 0.3) is 0 Å². The van der Waals surface area contributed by atoms with Crippen molar-refractivity contribution >= 4 is 11.7 Å². The molecule has 0 spiro atoms. The molecule has 0 aliphatic heterocycles. The summed E-state index contributed by atoms with van der Waals surface area (Å²) in [7, 11) is 0. The maximum absolute atomic E-state index is 10.3. The van der Waals surface area contributed by atoms with Crippen LogP contribution in [0.5, 0.6) is 0 Å². The zero-order chi connectivity index (χ0) is 12.0. The predicted molar refractivity (Wildman–Crippen MR) is 67.1 cm³/mol. The number of aliphatic imine (C=N–C) groups is 1. The normalized spacial score (nSPS) is 21.4. The molecule has 16 heavy (non-hydrogen) atoms. The standard InChI is InChI=1S/C13H18N2O/c1-10(2)9-15-13-6-4-3-5-11(13)12(14)7-8-16/h7H,1,3-6,9,14H2,2H3/b12-11-,15-13?. The van der Waals surface area contributed by atoms with Crippen molar-refractivity contribution in [3.05, 3.63) is 29.5 Å². The summed E-state index contributed by atoms with van der Waals surface area (Å²) in [5.74, 6) is 1.72. The summed E-state index contributed by atoms with van der Waals surface area (Å²) in [5, 5.41) is 0. The molecule has 3 nitrogen and oxygen atoms in total. The van der Waals surface area contributed by atoms with Crippen molar-refractivity contribution in [1.29, 1.82) is 0 Å². The maximum atomic E-state index is 10.3. The summed E-state index contributed by atoms with van der Waals surface area (Å²) in [6.45, 7) is 6.41.